The molecule has 0 aromatic carbocycles. The number of anilines is 2. The highest BCUT2D eigenvalue weighted by Crippen LogP contribution is 2.09. The van der Waals surface area contributed by atoms with Crippen LogP contribution in [-0.2, 0) is 0 Å². The Labute approximate surface area is 104 Å². The summed E-state index contributed by atoms with van der Waals surface area (Å²) in [6.45, 7) is 1.83. The Bertz CT molecular complexity index is 499. The van der Waals surface area contributed by atoms with Crippen molar-refractivity contribution in [1.29, 1.82) is 0 Å². The predicted molar refractivity (Wildman–Crippen MR) is 66.7 cm³/mol. The average molecular weight is 249 g/mol. The Morgan fingerprint density at radius 2 is 2.11 bits per heavy atom. The lowest BCUT2D eigenvalue weighted by molar-refractivity contribution is 0.281. The molecule has 96 valence electrons. The zero-order valence-corrected chi connectivity index (χ0v) is 10.2. The number of hydrogen-bond donors (Lipinski definition) is 3. The fourth-order valence-electron chi connectivity index (χ4n) is 1.30. The third-order valence-corrected chi connectivity index (χ3v) is 2.21. The molecule has 0 saturated heterocycles. The van der Waals surface area contributed by atoms with Gasteiger partial charge in [-0.15, -0.1) is 0 Å². The molecule has 0 aliphatic heterocycles. The molecule has 0 fully saturated rings. The minimum atomic E-state index is -0.137. The van der Waals surface area contributed by atoms with Crippen LogP contribution in [0.5, 0.6) is 0 Å². The van der Waals surface area contributed by atoms with Gasteiger partial charge >= 0.3 is 0 Å². The number of rotatable bonds is 5. The van der Waals surface area contributed by atoms with Crippen LogP contribution in [0.4, 0.5) is 11.9 Å². The molecule has 1 atom stereocenters. The number of aliphatic hydroxyl groups is 1. The van der Waals surface area contributed by atoms with E-state index in [0.29, 0.717) is 17.8 Å². The summed E-state index contributed by atoms with van der Waals surface area (Å²) in [5.41, 5.74) is 0. The summed E-state index contributed by atoms with van der Waals surface area (Å²) in [5.74, 6) is 1.23. The lowest BCUT2D eigenvalue weighted by Crippen LogP contribution is -2.22. The second-order valence-electron chi connectivity index (χ2n) is 3.71. The van der Waals surface area contributed by atoms with Gasteiger partial charge in [0.05, 0.1) is 6.61 Å². The second kappa shape index (κ2) is 5.41. The second-order valence-corrected chi connectivity index (χ2v) is 3.71. The van der Waals surface area contributed by atoms with Gasteiger partial charge in [0, 0.05) is 25.5 Å². The van der Waals surface area contributed by atoms with Gasteiger partial charge < -0.3 is 15.7 Å². The highest BCUT2D eigenvalue weighted by atomic mass is 16.3. The van der Waals surface area contributed by atoms with Crippen molar-refractivity contribution in [2.75, 3.05) is 24.3 Å². The van der Waals surface area contributed by atoms with Gasteiger partial charge in [-0.3, -0.25) is 0 Å². The molecule has 2 heterocycles. The minimum Gasteiger partial charge on any atom is -0.394 e. The highest BCUT2D eigenvalue weighted by molar-refractivity contribution is 5.37. The SMILES string of the molecule is CNc1nc(NC(C)CO)nc(-n2cccn2)n1. The number of aliphatic hydroxyl groups excluding tert-OH is 1. The molecule has 3 N–H and O–H groups in total. The molecule has 0 aliphatic carbocycles. The Hall–Kier alpha value is -2.22. The first-order chi connectivity index (χ1) is 8.72. The lowest BCUT2D eigenvalue weighted by atomic mass is 10.4. The standard InChI is InChI=1S/C10H15N7O/c1-7(6-18)13-9-14-8(11-2)15-10(16-9)17-5-3-4-12-17/h3-5,7,18H,6H2,1-2H3,(H2,11,13,14,15,16). The smallest absolute Gasteiger partial charge is 0.257 e. The summed E-state index contributed by atoms with van der Waals surface area (Å²) in [7, 11) is 1.72. The van der Waals surface area contributed by atoms with E-state index in [-0.39, 0.29) is 12.6 Å². The van der Waals surface area contributed by atoms with Gasteiger partial charge in [0.2, 0.25) is 11.9 Å². The van der Waals surface area contributed by atoms with Crippen molar-refractivity contribution in [1.82, 2.24) is 24.7 Å². The van der Waals surface area contributed by atoms with Gasteiger partial charge in [-0.25, -0.2) is 4.68 Å². The summed E-state index contributed by atoms with van der Waals surface area (Å²) in [6.07, 6.45) is 3.39. The van der Waals surface area contributed by atoms with Crippen LogP contribution in [0, 0.1) is 0 Å². The predicted octanol–water partition coefficient (Wildman–Crippen LogP) is -0.108. The van der Waals surface area contributed by atoms with E-state index in [0.717, 1.165) is 0 Å². The average Bonchev–Trinajstić information content (AvgIpc) is 2.92. The summed E-state index contributed by atoms with van der Waals surface area (Å²) in [4.78, 5) is 12.6. The first-order valence-corrected chi connectivity index (χ1v) is 5.54. The molecule has 0 saturated carbocycles. The van der Waals surface area contributed by atoms with Crippen molar-refractivity contribution in [2.24, 2.45) is 0 Å². The van der Waals surface area contributed by atoms with Crippen LogP contribution in [0.2, 0.25) is 0 Å². The molecule has 2 aromatic rings. The molecule has 8 nitrogen and oxygen atoms in total. The maximum absolute atomic E-state index is 9.01. The number of nitrogens with zero attached hydrogens (tertiary/aromatic N) is 5. The van der Waals surface area contributed by atoms with Gasteiger partial charge in [-0.2, -0.15) is 20.1 Å². The molecule has 0 bridgehead atoms. The summed E-state index contributed by atoms with van der Waals surface area (Å²) < 4.78 is 1.54. The van der Waals surface area contributed by atoms with Crippen LogP contribution < -0.4 is 10.6 Å². The fraction of sp³-hybridized carbons (Fsp3) is 0.400. The molecule has 0 spiro atoms. The Kier molecular flexibility index (Phi) is 3.68. The number of nitrogens with one attached hydrogen (secondary N) is 2. The van der Waals surface area contributed by atoms with E-state index in [4.69, 9.17) is 5.11 Å². The van der Waals surface area contributed by atoms with Crippen molar-refractivity contribution >= 4 is 11.9 Å². The van der Waals surface area contributed by atoms with Gasteiger partial charge in [0.1, 0.15) is 0 Å². The lowest BCUT2D eigenvalue weighted by Gasteiger charge is -2.12. The third kappa shape index (κ3) is 2.72. The molecule has 2 aromatic heterocycles. The summed E-state index contributed by atoms with van der Waals surface area (Å²) in [5, 5.41) is 18.9. The van der Waals surface area contributed by atoms with Crippen LogP contribution in [0.25, 0.3) is 5.95 Å². The maximum Gasteiger partial charge on any atom is 0.257 e. The van der Waals surface area contributed by atoms with Gasteiger partial charge in [0.15, 0.2) is 0 Å². The Morgan fingerprint density at radius 1 is 1.33 bits per heavy atom. The highest BCUT2D eigenvalue weighted by Gasteiger charge is 2.09. The number of hydrogen-bond acceptors (Lipinski definition) is 7. The molecule has 0 radical (unpaired) electrons. The topological polar surface area (TPSA) is 101 Å². The Morgan fingerprint density at radius 3 is 2.72 bits per heavy atom. The zero-order valence-electron chi connectivity index (χ0n) is 10.2. The molecule has 0 aliphatic rings. The summed E-state index contributed by atoms with van der Waals surface area (Å²) >= 11 is 0. The monoisotopic (exact) mass is 249 g/mol. The molecular weight excluding hydrogens is 234 g/mol. The number of aromatic nitrogens is 5. The first-order valence-electron chi connectivity index (χ1n) is 5.54. The Balaban J connectivity index is 2.33. The molecular formula is C10H15N7O. The van der Waals surface area contributed by atoms with E-state index in [1.165, 1.54) is 4.68 Å². The molecule has 18 heavy (non-hydrogen) atoms. The zero-order chi connectivity index (χ0) is 13.0. The van der Waals surface area contributed by atoms with Crippen molar-refractivity contribution in [3.8, 4) is 5.95 Å². The van der Waals surface area contributed by atoms with Crippen molar-refractivity contribution in [3.63, 3.8) is 0 Å². The molecule has 2 rings (SSSR count). The van der Waals surface area contributed by atoms with E-state index in [2.05, 4.69) is 30.7 Å². The minimum absolute atomic E-state index is 0.00231. The maximum atomic E-state index is 9.01. The quantitative estimate of drug-likeness (QED) is 0.679. The van der Waals surface area contributed by atoms with Crippen LogP contribution in [0.1, 0.15) is 6.92 Å². The first kappa shape index (κ1) is 12.2. The van der Waals surface area contributed by atoms with Crippen molar-refractivity contribution in [3.05, 3.63) is 18.5 Å². The van der Waals surface area contributed by atoms with E-state index in [1.807, 2.05) is 6.92 Å². The van der Waals surface area contributed by atoms with Gasteiger partial charge in [-0.05, 0) is 13.0 Å². The molecule has 8 heteroatoms. The molecule has 0 amide bonds. The van der Waals surface area contributed by atoms with E-state index < -0.39 is 0 Å². The van der Waals surface area contributed by atoms with Crippen molar-refractivity contribution < 1.29 is 5.11 Å². The van der Waals surface area contributed by atoms with E-state index >= 15 is 0 Å². The van der Waals surface area contributed by atoms with Crippen LogP contribution in [0.3, 0.4) is 0 Å². The van der Waals surface area contributed by atoms with Gasteiger partial charge in [0.25, 0.3) is 5.95 Å². The van der Waals surface area contributed by atoms with Gasteiger partial charge in [-0.1, -0.05) is 0 Å². The van der Waals surface area contributed by atoms with Crippen LogP contribution >= 0.6 is 0 Å². The largest absolute Gasteiger partial charge is 0.394 e. The van der Waals surface area contributed by atoms with Crippen molar-refractivity contribution in [2.45, 2.75) is 13.0 Å². The van der Waals surface area contributed by atoms with Crippen LogP contribution in [-0.4, -0.2) is 49.5 Å². The van der Waals surface area contributed by atoms with Crippen LogP contribution in [0.15, 0.2) is 18.5 Å². The normalized spacial score (nSPS) is 12.2. The molecule has 1 unspecified atom stereocenters. The third-order valence-electron chi connectivity index (χ3n) is 2.21. The summed E-state index contributed by atoms with van der Waals surface area (Å²) in [6, 6.07) is 1.65. The fourth-order valence-corrected chi connectivity index (χ4v) is 1.30. The van der Waals surface area contributed by atoms with E-state index in [1.54, 1.807) is 25.5 Å². The van der Waals surface area contributed by atoms with E-state index in [9.17, 15) is 0 Å².